The number of aromatic nitrogens is 2. The molecule has 44 heavy (non-hydrogen) atoms. The average molecular weight is 611 g/mol. The SMILES string of the molecule is CC[Si](C#Cc1ccc2c3ccc4c(ccc5c6ccc(C#C[Si](CC)(CC)CC)cc6n(C)c54)c3n(C)c2c1)(CC)CC. The van der Waals surface area contributed by atoms with E-state index in [-0.39, 0.29) is 0 Å². The summed E-state index contributed by atoms with van der Waals surface area (Å²) in [7, 11) is 1.44. The van der Waals surface area contributed by atoms with E-state index in [0.29, 0.717) is 0 Å². The Hall–Kier alpha value is -3.71. The zero-order chi connectivity index (χ0) is 31.2. The highest BCUT2D eigenvalue weighted by atomic mass is 28.3. The van der Waals surface area contributed by atoms with Crippen molar-refractivity contribution in [2.75, 3.05) is 0 Å². The Kier molecular flexibility index (Phi) is 8.04. The molecular formula is C40H46N2Si2. The lowest BCUT2D eigenvalue weighted by atomic mass is 10.0. The van der Waals surface area contributed by atoms with Gasteiger partial charge in [-0.15, -0.1) is 11.1 Å². The summed E-state index contributed by atoms with van der Waals surface area (Å²) in [5.41, 5.74) is 14.9. The van der Waals surface area contributed by atoms with Crippen LogP contribution in [0.3, 0.4) is 0 Å². The number of rotatable bonds is 6. The Bertz CT molecular complexity index is 2010. The average Bonchev–Trinajstić information content (AvgIpc) is 3.53. The van der Waals surface area contributed by atoms with Crippen LogP contribution < -0.4 is 0 Å². The van der Waals surface area contributed by atoms with Gasteiger partial charge in [-0.05, 0) is 60.5 Å². The maximum absolute atomic E-state index is 3.78. The molecule has 0 radical (unpaired) electrons. The zero-order valence-electron chi connectivity index (χ0n) is 27.9. The summed E-state index contributed by atoms with van der Waals surface area (Å²) in [6.07, 6.45) is 0. The highest BCUT2D eigenvalue weighted by Crippen LogP contribution is 2.39. The quantitative estimate of drug-likeness (QED) is 0.131. The fourth-order valence-electron chi connectivity index (χ4n) is 7.44. The van der Waals surface area contributed by atoms with Crippen molar-refractivity contribution in [1.82, 2.24) is 9.13 Å². The summed E-state index contributed by atoms with van der Waals surface area (Å²) in [4.78, 5) is 0. The van der Waals surface area contributed by atoms with E-state index in [1.807, 2.05) is 0 Å². The minimum Gasteiger partial charge on any atom is -0.343 e. The molecule has 0 bridgehead atoms. The lowest BCUT2D eigenvalue weighted by molar-refractivity contribution is 1.01. The number of nitrogens with zero attached hydrogens (tertiary/aromatic N) is 2. The predicted octanol–water partition coefficient (Wildman–Crippen LogP) is 10.9. The molecule has 224 valence electrons. The van der Waals surface area contributed by atoms with Crippen molar-refractivity contribution in [2.45, 2.75) is 77.8 Å². The molecule has 2 aromatic heterocycles. The molecule has 0 amide bonds. The van der Waals surface area contributed by atoms with Gasteiger partial charge in [0.05, 0.1) is 22.1 Å². The molecular weight excluding hydrogens is 565 g/mol. The van der Waals surface area contributed by atoms with E-state index >= 15 is 0 Å². The Balaban J connectivity index is 1.52. The van der Waals surface area contributed by atoms with Crippen molar-refractivity contribution >= 4 is 70.5 Å². The molecule has 0 saturated heterocycles. The molecule has 0 aliphatic heterocycles. The van der Waals surface area contributed by atoms with E-state index in [2.05, 4.69) is 148 Å². The molecule has 0 atom stereocenters. The van der Waals surface area contributed by atoms with Crippen LogP contribution in [-0.4, -0.2) is 25.3 Å². The van der Waals surface area contributed by atoms with Crippen LogP contribution in [0.15, 0.2) is 60.7 Å². The number of benzene rings is 4. The van der Waals surface area contributed by atoms with Gasteiger partial charge in [0.15, 0.2) is 0 Å². The van der Waals surface area contributed by atoms with Gasteiger partial charge in [-0.2, -0.15) is 0 Å². The van der Waals surface area contributed by atoms with Gasteiger partial charge in [0, 0.05) is 57.5 Å². The number of hydrogen-bond donors (Lipinski definition) is 0. The molecule has 0 spiro atoms. The fraction of sp³-hybridized carbons (Fsp3) is 0.350. The van der Waals surface area contributed by atoms with Gasteiger partial charge >= 0.3 is 0 Å². The van der Waals surface area contributed by atoms with Crippen LogP contribution >= 0.6 is 0 Å². The van der Waals surface area contributed by atoms with Crippen LogP contribution in [-0.2, 0) is 14.1 Å². The summed E-state index contributed by atoms with van der Waals surface area (Å²) in [6.45, 7) is 13.9. The summed E-state index contributed by atoms with van der Waals surface area (Å²) in [6, 6.07) is 30.3. The van der Waals surface area contributed by atoms with Crippen LogP contribution in [0.5, 0.6) is 0 Å². The Labute approximate surface area is 265 Å². The maximum atomic E-state index is 3.78. The molecule has 2 nitrogen and oxygen atoms in total. The predicted molar refractivity (Wildman–Crippen MR) is 200 cm³/mol. The van der Waals surface area contributed by atoms with Gasteiger partial charge in [-0.3, -0.25) is 0 Å². The number of aryl methyl sites for hydroxylation is 2. The van der Waals surface area contributed by atoms with Crippen molar-refractivity contribution in [2.24, 2.45) is 14.1 Å². The normalized spacial score (nSPS) is 12.3. The first-order valence-electron chi connectivity index (χ1n) is 16.7. The van der Waals surface area contributed by atoms with Crippen molar-refractivity contribution in [1.29, 1.82) is 0 Å². The van der Waals surface area contributed by atoms with Crippen LogP contribution in [0.2, 0.25) is 36.3 Å². The number of fused-ring (bicyclic) bond motifs is 9. The van der Waals surface area contributed by atoms with Gasteiger partial charge in [0.1, 0.15) is 16.1 Å². The summed E-state index contributed by atoms with van der Waals surface area (Å²) >= 11 is 0. The highest BCUT2D eigenvalue weighted by Gasteiger charge is 2.25. The van der Waals surface area contributed by atoms with Crippen molar-refractivity contribution < 1.29 is 0 Å². The van der Waals surface area contributed by atoms with Gasteiger partial charge in [0.25, 0.3) is 0 Å². The Morgan fingerprint density at radius 1 is 0.455 bits per heavy atom. The molecule has 0 N–H and O–H groups in total. The van der Waals surface area contributed by atoms with Gasteiger partial charge in [-0.25, -0.2) is 0 Å². The molecule has 0 unspecified atom stereocenters. The van der Waals surface area contributed by atoms with E-state index in [0.717, 1.165) is 11.1 Å². The van der Waals surface area contributed by atoms with Gasteiger partial charge in [-0.1, -0.05) is 89.8 Å². The Morgan fingerprint density at radius 2 is 0.750 bits per heavy atom. The van der Waals surface area contributed by atoms with Crippen molar-refractivity contribution in [3.63, 3.8) is 0 Å². The van der Waals surface area contributed by atoms with Crippen LogP contribution in [0.1, 0.15) is 52.7 Å². The lowest BCUT2D eigenvalue weighted by Crippen LogP contribution is -2.29. The highest BCUT2D eigenvalue weighted by molar-refractivity contribution is 6.87. The minimum absolute atomic E-state index is 1.13. The topological polar surface area (TPSA) is 9.86 Å². The van der Waals surface area contributed by atoms with E-state index in [9.17, 15) is 0 Å². The zero-order valence-corrected chi connectivity index (χ0v) is 29.9. The van der Waals surface area contributed by atoms with Crippen LogP contribution in [0.4, 0.5) is 0 Å². The second-order valence-corrected chi connectivity index (χ2v) is 22.6. The van der Waals surface area contributed by atoms with E-state index in [1.165, 1.54) is 90.6 Å². The molecule has 0 aliphatic carbocycles. The first-order valence-corrected chi connectivity index (χ1v) is 21.9. The molecule has 0 aliphatic rings. The first kappa shape index (κ1) is 30.3. The monoisotopic (exact) mass is 610 g/mol. The third-order valence-corrected chi connectivity index (χ3v) is 20.5. The maximum Gasteiger partial charge on any atom is 0.138 e. The lowest BCUT2D eigenvalue weighted by Gasteiger charge is -2.20. The summed E-state index contributed by atoms with van der Waals surface area (Å²) < 4.78 is 4.77. The summed E-state index contributed by atoms with van der Waals surface area (Å²) in [5.74, 6) is 7.21. The molecule has 6 rings (SSSR count). The molecule has 6 aromatic rings. The molecule has 0 fully saturated rings. The van der Waals surface area contributed by atoms with E-state index in [4.69, 9.17) is 0 Å². The van der Waals surface area contributed by atoms with E-state index in [1.54, 1.807) is 0 Å². The largest absolute Gasteiger partial charge is 0.343 e. The first-order chi connectivity index (χ1) is 21.3. The van der Waals surface area contributed by atoms with Gasteiger partial charge < -0.3 is 9.13 Å². The number of hydrogen-bond acceptors (Lipinski definition) is 0. The minimum atomic E-state index is -1.49. The summed E-state index contributed by atoms with van der Waals surface area (Å²) in [5, 5.41) is 7.80. The smallest absolute Gasteiger partial charge is 0.138 e. The van der Waals surface area contributed by atoms with Crippen LogP contribution in [0, 0.1) is 22.9 Å². The standard InChI is InChI=1S/C40H46N2Si2/c1-9-43(10-2,11-3)25-23-29-15-17-31-33-19-21-36-35(39(33)41(7)37(31)27-29)22-20-34-32-18-16-30(28-38(32)42(8)40(34)36)24-26-44(12-4,13-5)14-6/h15-22,27-28H,9-14H2,1-8H3. The van der Waals surface area contributed by atoms with Crippen LogP contribution in [0.25, 0.3) is 54.4 Å². The molecule has 0 saturated carbocycles. The fourth-order valence-corrected chi connectivity index (χ4v) is 12.3. The Morgan fingerprint density at radius 3 is 1.07 bits per heavy atom. The molecule has 2 heterocycles. The van der Waals surface area contributed by atoms with Crippen molar-refractivity contribution in [3.8, 4) is 22.9 Å². The molecule has 4 heteroatoms. The van der Waals surface area contributed by atoms with Crippen molar-refractivity contribution in [3.05, 3.63) is 71.8 Å². The second kappa shape index (κ2) is 11.7. The molecule has 4 aromatic carbocycles. The third-order valence-electron chi connectivity index (χ3n) is 11.1. The third kappa shape index (κ3) is 4.71. The van der Waals surface area contributed by atoms with Gasteiger partial charge in [0.2, 0.25) is 0 Å². The second-order valence-electron chi connectivity index (χ2n) is 12.8. The van der Waals surface area contributed by atoms with E-state index < -0.39 is 16.1 Å².